The van der Waals surface area contributed by atoms with Crippen LogP contribution in [0.15, 0.2) is 24.8 Å². The zero-order valence-electron chi connectivity index (χ0n) is 20.2. The molecule has 4 aliphatic carbocycles. The minimum Gasteiger partial charge on any atom is -0.507 e. The van der Waals surface area contributed by atoms with E-state index in [2.05, 4.69) is 6.58 Å². The van der Waals surface area contributed by atoms with Crippen molar-refractivity contribution in [3.8, 4) is 5.75 Å². The summed E-state index contributed by atoms with van der Waals surface area (Å²) < 4.78 is 5.83. The number of fused-ring (bicyclic) bond motifs is 3. The molecule has 4 aliphatic rings. The number of phenols is 1. The van der Waals surface area contributed by atoms with E-state index in [1.165, 1.54) is 37.2 Å². The number of esters is 1. The molecule has 2 unspecified atom stereocenters. The highest BCUT2D eigenvalue weighted by Crippen LogP contribution is 2.55. The summed E-state index contributed by atoms with van der Waals surface area (Å²) in [5, 5.41) is 22.3. The number of benzene rings is 1. The maximum absolute atomic E-state index is 14.0. The first-order valence-corrected chi connectivity index (χ1v) is 11.9. The summed E-state index contributed by atoms with van der Waals surface area (Å²) in [7, 11) is 2.89. The maximum atomic E-state index is 14.0. The highest BCUT2D eigenvalue weighted by Gasteiger charge is 2.73. The Morgan fingerprint density at radius 1 is 1.14 bits per heavy atom. The van der Waals surface area contributed by atoms with Crippen LogP contribution in [0.4, 0.5) is 0 Å². The van der Waals surface area contributed by atoms with Gasteiger partial charge in [0.1, 0.15) is 11.9 Å². The van der Waals surface area contributed by atoms with E-state index < -0.39 is 88.1 Å². The number of phenolic OH excluding ortho intramolecular Hbond substituents is 1. The predicted octanol–water partition coefficient (Wildman–Crippen LogP) is -0.731. The fourth-order valence-corrected chi connectivity index (χ4v) is 6.23. The minimum absolute atomic E-state index is 0.175. The van der Waals surface area contributed by atoms with Crippen LogP contribution in [-0.2, 0) is 28.7 Å². The van der Waals surface area contributed by atoms with Gasteiger partial charge in [-0.15, -0.1) is 0 Å². The second kappa shape index (κ2) is 8.15. The first-order valence-electron chi connectivity index (χ1n) is 11.9. The average molecular weight is 510 g/mol. The zero-order valence-corrected chi connectivity index (χ0v) is 20.2. The molecule has 7 atom stereocenters. The minimum atomic E-state index is -3.05. The number of nitrogens with two attached hydrogens (primary N) is 1. The second-order valence-electron chi connectivity index (χ2n) is 10.4. The molecule has 3 fully saturated rings. The smallest absolute Gasteiger partial charge is 0.309 e. The van der Waals surface area contributed by atoms with Crippen molar-refractivity contribution in [3.05, 3.63) is 35.9 Å². The van der Waals surface area contributed by atoms with Crippen molar-refractivity contribution in [1.29, 1.82) is 0 Å². The van der Waals surface area contributed by atoms with Crippen molar-refractivity contribution in [3.63, 3.8) is 0 Å². The van der Waals surface area contributed by atoms with Gasteiger partial charge >= 0.3 is 5.97 Å². The summed E-state index contributed by atoms with van der Waals surface area (Å²) in [6.07, 6.45) is -0.382. The molecule has 3 saturated carbocycles. The van der Waals surface area contributed by atoms with Crippen molar-refractivity contribution in [2.24, 2.45) is 35.3 Å². The molecule has 0 heterocycles. The average Bonchev–Trinajstić information content (AvgIpc) is 3.66. The van der Waals surface area contributed by atoms with E-state index in [1.54, 1.807) is 0 Å². The Kier molecular flexibility index (Phi) is 5.50. The lowest BCUT2D eigenvalue weighted by atomic mass is 9.50. The third-order valence-corrected chi connectivity index (χ3v) is 8.08. The van der Waals surface area contributed by atoms with Crippen LogP contribution in [0.1, 0.15) is 28.8 Å². The third-order valence-electron chi connectivity index (χ3n) is 8.08. The van der Waals surface area contributed by atoms with E-state index in [0.717, 1.165) is 0 Å². The van der Waals surface area contributed by atoms with Gasteiger partial charge in [-0.1, -0.05) is 18.7 Å². The molecule has 4 N–H and O–H groups in total. The molecule has 1 aromatic rings. The van der Waals surface area contributed by atoms with Crippen molar-refractivity contribution >= 4 is 40.6 Å². The first-order chi connectivity index (χ1) is 17.3. The van der Waals surface area contributed by atoms with E-state index in [4.69, 9.17) is 10.5 Å². The summed E-state index contributed by atoms with van der Waals surface area (Å²) in [4.78, 5) is 81.0. The quantitative estimate of drug-likeness (QED) is 0.345. The fraction of sp³-hybridized carbons (Fsp3) is 0.462. The van der Waals surface area contributed by atoms with Crippen LogP contribution in [0.25, 0.3) is 5.57 Å². The first kappa shape index (κ1) is 25.0. The van der Waals surface area contributed by atoms with Crippen molar-refractivity contribution in [1.82, 2.24) is 4.90 Å². The number of aliphatic hydroxyl groups is 1. The lowest BCUT2D eigenvalue weighted by Gasteiger charge is -2.55. The molecule has 37 heavy (non-hydrogen) atoms. The molecule has 0 aliphatic heterocycles. The molecule has 194 valence electrons. The van der Waals surface area contributed by atoms with Gasteiger partial charge in [0.05, 0.1) is 29.4 Å². The Balaban J connectivity index is 1.77. The predicted molar refractivity (Wildman–Crippen MR) is 125 cm³/mol. The summed E-state index contributed by atoms with van der Waals surface area (Å²) >= 11 is 0. The zero-order chi connectivity index (χ0) is 27.1. The lowest BCUT2D eigenvalue weighted by molar-refractivity contribution is -0.201. The standard InChI is InChI=1S/C26H26N2O9/c1-9-11-5-4-6-12(29)14(11)19(30)15-13(9)21(37-25(35)10-7-8-10)17-18(28(2)3)20(31)16(24(27)34)23(33)26(17,36)22(15)32/h4-6,10,13,15-18,21,29,36H,1,7-8H2,2-3H3,(H2,27,34)/t13-,15?,16?,17-,18+,21+,26+/m1/s1. The van der Waals surface area contributed by atoms with E-state index >= 15 is 0 Å². The van der Waals surface area contributed by atoms with Crippen LogP contribution in [0, 0.1) is 29.6 Å². The van der Waals surface area contributed by atoms with Crippen LogP contribution in [-0.4, -0.2) is 82.0 Å². The molecule has 0 radical (unpaired) electrons. The monoisotopic (exact) mass is 510 g/mol. The summed E-state index contributed by atoms with van der Waals surface area (Å²) in [5.41, 5.74) is 2.48. The van der Waals surface area contributed by atoms with Gasteiger partial charge < -0.3 is 20.7 Å². The molecule has 5 rings (SSSR count). The number of hydrogen-bond acceptors (Lipinski definition) is 10. The van der Waals surface area contributed by atoms with Gasteiger partial charge in [0.25, 0.3) is 0 Å². The second-order valence-corrected chi connectivity index (χ2v) is 10.4. The normalized spacial score (nSPS) is 35.1. The molecule has 0 aromatic heterocycles. The number of likely N-dealkylation sites (N-methyl/N-ethyl adjacent to an activating group) is 1. The van der Waals surface area contributed by atoms with Gasteiger partial charge in [-0.25, -0.2) is 0 Å². The van der Waals surface area contributed by atoms with Gasteiger partial charge in [0.15, 0.2) is 34.7 Å². The van der Waals surface area contributed by atoms with Crippen LogP contribution in [0.5, 0.6) is 5.75 Å². The van der Waals surface area contributed by atoms with Gasteiger partial charge in [-0.05, 0) is 44.1 Å². The van der Waals surface area contributed by atoms with Crippen molar-refractivity contribution in [2.75, 3.05) is 14.1 Å². The number of hydrogen-bond donors (Lipinski definition) is 3. The van der Waals surface area contributed by atoms with Gasteiger partial charge in [-0.2, -0.15) is 0 Å². The van der Waals surface area contributed by atoms with Gasteiger partial charge in [0.2, 0.25) is 5.91 Å². The Morgan fingerprint density at radius 2 is 1.78 bits per heavy atom. The Bertz CT molecular complexity index is 1310. The number of ketones is 4. The van der Waals surface area contributed by atoms with E-state index in [0.29, 0.717) is 12.8 Å². The van der Waals surface area contributed by atoms with Crippen LogP contribution < -0.4 is 5.73 Å². The number of nitrogens with zero attached hydrogens (tertiary/aromatic N) is 1. The third kappa shape index (κ3) is 3.27. The molecule has 1 aromatic carbocycles. The van der Waals surface area contributed by atoms with Gasteiger partial charge in [-0.3, -0.25) is 33.7 Å². The number of ether oxygens (including phenoxy) is 1. The highest BCUT2D eigenvalue weighted by molar-refractivity contribution is 6.33. The Labute approximate surface area is 211 Å². The molecule has 0 spiro atoms. The van der Waals surface area contributed by atoms with Gasteiger partial charge in [0, 0.05) is 5.92 Å². The molecule has 0 bridgehead atoms. The molecular formula is C26H26N2O9. The van der Waals surface area contributed by atoms with E-state index in [9.17, 15) is 39.0 Å². The Morgan fingerprint density at radius 3 is 2.35 bits per heavy atom. The van der Waals surface area contributed by atoms with Crippen LogP contribution in [0.3, 0.4) is 0 Å². The molecular weight excluding hydrogens is 484 g/mol. The lowest BCUT2D eigenvalue weighted by Crippen LogP contribution is -2.77. The number of aromatic hydroxyl groups is 1. The molecule has 1 amide bonds. The number of Topliss-reactive ketones (excluding diaryl/α,β-unsaturated/α-hetero) is 4. The molecule has 0 saturated heterocycles. The number of rotatable bonds is 4. The number of amides is 1. The number of carbonyl (C=O) groups excluding carboxylic acids is 6. The van der Waals surface area contributed by atoms with E-state index in [1.807, 2.05) is 0 Å². The summed E-state index contributed by atoms with van der Waals surface area (Å²) in [5.74, 6) is -14.2. The van der Waals surface area contributed by atoms with E-state index in [-0.39, 0.29) is 16.7 Å². The SMILES string of the molecule is C=C1c2cccc(O)c2C(=O)C2C(=O)[C@]3(O)C(=O)C(C(N)=O)C(=O)[C@@H](N(C)C)[C@@H]3[C@@H](OC(=O)C3CC3)[C@H]12. The molecule has 11 heteroatoms. The highest BCUT2D eigenvalue weighted by atomic mass is 16.5. The largest absolute Gasteiger partial charge is 0.507 e. The van der Waals surface area contributed by atoms with Crippen molar-refractivity contribution < 1.29 is 43.7 Å². The number of carbonyl (C=O) groups is 6. The molecule has 11 nitrogen and oxygen atoms in total. The fourth-order valence-electron chi connectivity index (χ4n) is 6.23. The van der Waals surface area contributed by atoms with Crippen LogP contribution in [0.2, 0.25) is 0 Å². The Hall–Kier alpha value is -3.70. The van der Waals surface area contributed by atoms with Crippen molar-refractivity contribution in [2.45, 2.75) is 30.6 Å². The maximum Gasteiger partial charge on any atom is 0.309 e. The number of primary amides is 1. The summed E-state index contributed by atoms with van der Waals surface area (Å²) in [6, 6.07) is 2.80. The van der Waals surface area contributed by atoms with Crippen LogP contribution >= 0.6 is 0 Å². The summed E-state index contributed by atoms with van der Waals surface area (Å²) in [6.45, 7) is 4.03. The topological polar surface area (TPSA) is 181 Å².